The Labute approximate surface area is 216 Å². The van der Waals surface area contributed by atoms with Crippen molar-refractivity contribution in [3.8, 4) is 28.7 Å². The maximum Gasteiger partial charge on any atom is 0.433 e. The summed E-state index contributed by atoms with van der Waals surface area (Å²) in [5, 5.41) is 21.3. The number of nitrogens with one attached hydrogen (secondary N) is 1. The number of amides is 1. The zero-order valence-corrected chi connectivity index (χ0v) is 20.5. The number of halogens is 4. The fourth-order valence-electron chi connectivity index (χ4n) is 3.49. The molecule has 0 aliphatic carbocycles. The van der Waals surface area contributed by atoms with E-state index in [-0.39, 0.29) is 52.8 Å². The van der Waals surface area contributed by atoms with Crippen LogP contribution in [-0.4, -0.2) is 36.3 Å². The second-order valence-electron chi connectivity index (χ2n) is 7.83. The molecule has 2 aromatic carbocycles. The van der Waals surface area contributed by atoms with Crippen LogP contribution in [0.1, 0.15) is 40.0 Å². The number of rotatable bonds is 10. The van der Waals surface area contributed by atoms with Gasteiger partial charge in [-0.1, -0.05) is 29.8 Å². The standard InChI is InChI=1S/C26H23ClF3N3O4/c1-36-22-7-3-2-6-16(22)14-33-25(35)19-11-18(21(27)12-23(19)37-9-5-4-8-34)20-15-32-24(26(28,29)30)10-17(20)13-31/h2-3,6-7,10-12,15,34H,4-5,8-9,14H2,1H3,(H,33,35). The van der Waals surface area contributed by atoms with Crippen LogP contribution < -0.4 is 14.8 Å². The van der Waals surface area contributed by atoms with E-state index in [1.165, 1.54) is 19.2 Å². The average molecular weight is 534 g/mol. The van der Waals surface area contributed by atoms with E-state index < -0.39 is 17.8 Å². The number of alkyl halides is 3. The minimum Gasteiger partial charge on any atom is -0.496 e. The van der Waals surface area contributed by atoms with Crippen LogP contribution in [0.5, 0.6) is 11.5 Å². The number of carbonyl (C=O) groups is 1. The summed E-state index contributed by atoms with van der Waals surface area (Å²) < 4.78 is 50.3. The van der Waals surface area contributed by atoms with Gasteiger partial charge in [-0.05, 0) is 31.0 Å². The van der Waals surface area contributed by atoms with E-state index in [0.717, 1.165) is 11.8 Å². The van der Waals surface area contributed by atoms with Crippen LogP contribution in [0.2, 0.25) is 5.02 Å². The van der Waals surface area contributed by atoms with Crippen molar-refractivity contribution in [2.24, 2.45) is 0 Å². The Morgan fingerprint density at radius 1 is 1.16 bits per heavy atom. The Morgan fingerprint density at radius 3 is 2.59 bits per heavy atom. The van der Waals surface area contributed by atoms with Gasteiger partial charge in [-0.25, -0.2) is 0 Å². The van der Waals surface area contributed by atoms with Crippen LogP contribution in [0.25, 0.3) is 11.1 Å². The molecule has 0 atom stereocenters. The number of nitriles is 1. The number of benzene rings is 2. The van der Waals surface area contributed by atoms with Gasteiger partial charge in [-0.2, -0.15) is 18.4 Å². The Balaban J connectivity index is 2.01. The first-order chi connectivity index (χ1) is 17.7. The molecule has 37 heavy (non-hydrogen) atoms. The van der Waals surface area contributed by atoms with E-state index in [4.69, 9.17) is 26.2 Å². The molecular formula is C26H23ClF3N3O4. The van der Waals surface area contributed by atoms with Crippen molar-refractivity contribution in [1.29, 1.82) is 5.26 Å². The van der Waals surface area contributed by atoms with Crippen LogP contribution in [0, 0.1) is 11.3 Å². The lowest BCUT2D eigenvalue weighted by molar-refractivity contribution is -0.141. The summed E-state index contributed by atoms with van der Waals surface area (Å²) in [6, 6.07) is 12.2. The lowest BCUT2D eigenvalue weighted by atomic mass is 9.98. The number of aliphatic hydroxyl groups is 1. The highest BCUT2D eigenvalue weighted by Gasteiger charge is 2.33. The third kappa shape index (κ3) is 6.90. The molecule has 0 radical (unpaired) electrons. The summed E-state index contributed by atoms with van der Waals surface area (Å²) in [4.78, 5) is 16.7. The molecule has 0 saturated heterocycles. The molecule has 1 aromatic heterocycles. The molecule has 3 rings (SSSR count). The molecule has 194 valence electrons. The number of nitrogens with zero attached hydrogens (tertiary/aromatic N) is 2. The smallest absolute Gasteiger partial charge is 0.433 e. The van der Waals surface area contributed by atoms with Gasteiger partial charge in [-0.3, -0.25) is 9.78 Å². The maximum absolute atomic E-state index is 13.2. The van der Waals surface area contributed by atoms with Crippen LogP contribution in [-0.2, 0) is 12.7 Å². The van der Waals surface area contributed by atoms with E-state index in [1.807, 2.05) is 0 Å². The predicted octanol–water partition coefficient (Wildman–Crippen LogP) is 5.38. The molecule has 7 nitrogen and oxygen atoms in total. The van der Waals surface area contributed by atoms with Crippen LogP contribution in [0.4, 0.5) is 13.2 Å². The SMILES string of the molecule is COc1ccccc1CNC(=O)c1cc(-c2cnc(C(F)(F)F)cc2C#N)c(Cl)cc1OCCCCO. The molecule has 0 unspecified atom stereocenters. The first kappa shape index (κ1) is 27.8. The molecule has 0 saturated carbocycles. The molecule has 1 amide bonds. The van der Waals surface area contributed by atoms with Crippen LogP contribution in [0.15, 0.2) is 48.7 Å². The molecular weight excluding hydrogens is 511 g/mol. The summed E-state index contributed by atoms with van der Waals surface area (Å²) >= 11 is 6.42. The van der Waals surface area contributed by atoms with Gasteiger partial charge in [0.2, 0.25) is 0 Å². The van der Waals surface area contributed by atoms with Gasteiger partial charge in [0, 0.05) is 42.1 Å². The van der Waals surface area contributed by atoms with Gasteiger partial charge in [0.05, 0.1) is 35.9 Å². The summed E-state index contributed by atoms with van der Waals surface area (Å²) in [6.45, 7) is 0.289. The maximum atomic E-state index is 13.2. The monoisotopic (exact) mass is 533 g/mol. The summed E-state index contributed by atoms with van der Waals surface area (Å²) in [7, 11) is 1.51. The first-order valence-corrected chi connectivity index (χ1v) is 11.5. The third-order valence-corrected chi connectivity index (χ3v) is 5.67. The van der Waals surface area contributed by atoms with Crippen molar-refractivity contribution in [3.05, 3.63) is 76.1 Å². The fraction of sp³-hybridized carbons (Fsp3) is 0.269. The fourth-order valence-corrected chi connectivity index (χ4v) is 3.75. The summed E-state index contributed by atoms with van der Waals surface area (Å²) in [6.07, 6.45) is -2.83. The number of aliphatic hydroxyl groups excluding tert-OH is 1. The normalized spacial score (nSPS) is 11.1. The lowest BCUT2D eigenvalue weighted by Crippen LogP contribution is -2.24. The number of pyridine rings is 1. The second-order valence-corrected chi connectivity index (χ2v) is 8.23. The number of methoxy groups -OCH3 is 1. The molecule has 0 aliphatic heterocycles. The number of ether oxygens (including phenoxy) is 2. The Hall–Kier alpha value is -3.81. The highest BCUT2D eigenvalue weighted by Crippen LogP contribution is 2.37. The van der Waals surface area contributed by atoms with Gasteiger partial charge in [0.15, 0.2) is 0 Å². The summed E-state index contributed by atoms with van der Waals surface area (Å²) in [5.74, 6) is 0.177. The Morgan fingerprint density at radius 2 is 1.92 bits per heavy atom. The van der Waals surface area contributed by atoms with E-state index in [0.29, 0.717) is 24.7 Å². The van der Waals surface area contributed by atoms with E-state index >= 15 is 0 Å². The summed E-state index contributed by atoms with van der Waals surface area (Å²) in [5.41, 5.74) is -0.571. The van der Waals surface area contributed by atoms with Gasteiger partial charge in [0.1, 0.15) is 17.2 Å². The topological polar surface area (TPSA) is 104 Å². The van der Waals surface area contributed by atoms with Gasteiger partial charge < -0.3 is 19.9 Å². The molecule has 1 heterocycles. The van der Waals surface area contributed by atoms with Crippen molar-refractivity contribution in [2.45, 2.75) is 25.6 Å². The molecule has 0 bridgehead atoms. The Kier molecular flexibility index (Phi) is 9.33. The van der Waals surface area contributed by atoms with Crippen LogP contribution >= 0.6 is 11.6 Å². The molecule has 11 heteroatoms. The van der Waals surface area contributed by atoms with Crippen molar-refractivity contribution in [2.75, 3.05) is 20.3 Å². The van der Waals surface area contributed by atoms with Gasteiger partial charge >= 0.3 is 6.18 Å². The minimum absolute atomic E-state index is 0.0207. The number of hydrogen-bond acceptors (Lipinski definition) is 6. The highest BCUT2D eigenvalue weighted by atomic mass is 35.5. The number of para-hydroxylation sites is 1. The molecule has 2 N–H and O–H groups in total. The molecule has 3 aromatic rings. The number of unbranched alkanes of at least 4 members (excludes halogenated alkanes) is 1. The molecule has 0 fully saturated rings. The van der Waals surface area contributed by atoms with Crippen molar-refractivity contribution in [3.63, 3.8) is 0 Å². The van der Waals surface area contributed by atoms with Gasteiger partial charge in [0.25, 0.3) is 5.91 Å². The lowest BCUT2D eigenvalue weighted by Gasteiger charge is -2.16. The number of hydrogen-bond donors (Lipinski definition) is 2. The third-order valence-electron chi connectivity index (χ3n) is 5.36. The van der Waals surface area contributed by atoms with E-state index in [1.54, 1.807) is 30.3 Å². The van der Waals surface area contributed by atoms with Gasteiger partial charge in [-0.15, -0.1) is 0 Å². The Bertz CT molecular complexity index is 1310. The largest absolute Gasteiger partial charge is 0.496 e. The molecule has 0 aliphatic rings. The number of aromatic nitrogens is 1. The van der Waals surface area contributed by atoms with E-state index in [9.17, 15) is 23.2 Å². The van der Waals surface area contributed by atoms with Crippen molar-refractivity contribution in [1.82, 2.24) is 10.3 Å². The highest BCUT2D eigenvalue weighted by molar-refractivity contribution is 6.33. The van der Waals surface area contributed by atoms with E-state index in [2.05, 4.69) is 10.3 Å². The average Bonchev–Trinajstić information content (AvgIpc) is 2.89. The minimum atomic E-state index is -4.73. The van der Waals surface area contributed by atoms with Crippen molar-refractivity contribution >= 4 is 17.5 Å². The number of carbonyl (C=O) groups excluding carboxylic acids is 1. The van der Waals surface area contributed by atoms with Crippen LogP contribution in [0.3, 0.4) is 0 Å². The zero-order chi connectivity index (χ0) is 27.0. The zero-order valence-electron chi connectivity index (χ0n) is 19.7. The second kappa shape index (κ2) is 12.4. The van der Waals surface area contributed by atoms with Crippen molar-refractivity contribution < 1.29 is 32.5 Å². The first-order valence-electron chi connectivity index (χ1n) is 11.1. The molecule has 0 spiro atoms. The quantitative estimate of drug-likeness (QED) is 0.339. The predicted molar refractivity (Wildman–Crippen MR) is 130 cm³/mol.